The lowest BCUT2D eigenvalue weighted by Crippen LogP contribution is -1.88. The standard InChI is InChI=1S/C10H8O4/c1-14-9-4-2-7(6-8(9)11)3-5-10(12)13/h2,4,6,11H,1H3,(H,12,13). The van der Waals surface area contributed by atoms with Crippen LogP contribution in [0.4, 0.5) is 0 Å². The van der Waals surface area contributed by atoms with Gasteiger partial charge in [-0.25, -0.2) is 4.79 Å². The first kappa shape index (κ1) is 9.93. The molecule has 1 aromatic rings. The Balaban J connectivity index is 2.99. The number of hydrogen-bond acceptors (Lipinski definition) is 3. The van der Waals surface area contributed by atoms with Gasteiger partial charge >= 0.3 is 5.97 Å². The molecule has 0 spiro atoms. The number of aliphatic carboxylic acids is 1. The summed E-state index contributed by atoms with van der Waals surface area (Å²) in [6.45, 7) is 0. The highest BCUT2D eigenvalue weighted by molar-refractivity contribution is 5.87. The van der Waals surface area contributed by atoms with Crippen molar-refractivity contribution in [2.45, 2.75) is 0 Å². The highest BCUT2D eigenvalue weighted by Gasteiger charge is 2.00. The van der Waals surface area contributed by atoms with Crippen molar-refractivity contribution in [3.63, 3.8) is 0 Å². The predicted octanol–water partition coefficient (Wildman–Crippen LogP) is 0.837. The molecular formula is C10H8O4. The fourth-order valence-electron chi connectivity index (χ4n) is 0.893. The number of methoxy groups -OCH3 is 1. The number of aromatic hydroxyl groups is 1. The first-order chi connectivity index (χ1) is 6.63. The molecule has 0 radical (unpaired) electrons. The molecule has 2 N–H and O–H groups in total. The van der Waals surface area contributed by atoms with Crippen molar-refractivity contribution >= 4 is 5.97 Å². The van der Waals surface area contributed by atoms with E-state index in [9.17, 15) is 9.90 Å². The van der Waals surface area contributed by atoms with Crippen molar-refractivity contribution in [1.29, 1.82) is 0 Å². The predicted molar refractivity (Wildman–Crippen MR) is 49.2 cm³/mol. The zero-order valence-electron chi connectivity index (χ0n) is 7.44. The molecule has 4 heteroatoms. The summed E-state index contributed by atoms with van der Waals surface area (Å²) in [5.74, 6) is 3.36. The van der Waals surface area contributed by atoms with Crippen LogP contribution in [0.15, 0.2) is 18.2 Å². The van der Waals surface area contributed by atoms with Gasteiger partial charge in [-0.1, -0.05) is 5.92 Å². The number of benzene rings is 1. The van der Waals surface area contributed by atoms with E-state index in [1.165, 1.54) is 19.2 Å². The van der Waals surface area contributed by atoms with Gasteiger partial charge in [0, 0.05) is 11.5 Å². The zero-order valence-corrected chi connectivity index (χ0v) is 7.44. The summed E-state index contributed by atoms with van der Waals surface area (Å²) in [5.41, 5.74) is 0.422. The van der Waals surface area contributed by atoms with Gasteiger partial charge in [-0.2, -0.15) is 0 Å². The number of rotatable bonds is 1. The minimum absolute atomic E-state index is 0.0651. The van der Waals surface area contributed by atoms with Crippen molar-refractivity contribution in [1.82, 2.24) is 0 Å². The molecular weight excluding hydrogens is 184 g/mol. The molecule has 0 aliphatic carbocycles. The molecule has 1 aromatic carbocycles. The normalized spacial score (nSPS) is 8.64. The Morgan fingerprint density at radius 3 is 2.71 bits per heavy atom. The van der Waals surface area contributed by atoms with Crippen LogP contribution in [0.5, 0.6) is 11.5 Å². The summed E-state index contributed by atoms with van der Waals surface area (Å²) < 4.78 is 4.81. The lowest BCUT2D eigenvalue weighted by molar-refractivity contribution is -0.130. The summed E-state index contributed by atoms with van der Waals surface area (Å²) in [6.07, 6.45) is 0. The van der Waals surface area contributed by atoms with E-state index >= 15 is 0 Å². The molecule has 0 unspecified atom stereocenters. The maximum Gasteiger partial charge on any atom is 0.382 e. The summed E-state index contributed by atoms with van der Waals surface area (Å²) >= 11 is 0. The van der Waals surface area contributed by atoms with Gasteiger partial charge in [-0.05, 0) is 18.2 Å². The molecule has 0 atom stereocenters. The van der Waals surface area contributed by atoms with E-state index in [4.69, 9.17) is 9.84 Å². The molecule has 14 heavy (non-hydrogen) atoms. The first-order valence-corrected chi connectivity index (χ1v) is 3.75. The van der Waals surface area contributed by atoms with Crippen molar-refractivity contribution in [2.75, 3.05) is 7.11 Å². The monoisotopic (exact) mass is 192 g/mol. The second-order valence-electron chi connectivity index (χ2n) is 2.44. The number of phenols is 1. The largest absolute Gasteiger partial charge is 0.504 e. The van der Waals surface area contributed by atoms with Crippen LogP contribution in [0.2, 0.25) is 0 Å². The minimum atomic E-state index is -1.21. The van der Waals surface area contributed by atoms with Crippen molar-refractivity contribution in [3.05, 3.63) is 23.8 Å². The van der Waals surface area contributed by atoms with E-state index in [0.29, 0.717) is 11.3 Å². The maximum atomic E-state index is 10.1. The number of carboxylic acid groups (broad SMARTS) is 1. The fourth-order valence-corrected chi connectivity index (χ4v) is 0.893. The van der Waals surface area contributed by atoms with Crippen LogP contribution < -0.4 is 4.74 Å². The molecule has 1 rings (SSSR count). The number of ether oxygens (including phenoxy) is 1. The van der Waals surface area contributed by atoms with Crippen LogP contribution >= 0.6 is 0 Å². The average Bonchev–Trinajstić information content (AvgIpc) is 2.15. The Labute approximate surface area is 80.8 Å². The first-order valence-electron chi connectivity index (χ1n) is 3.75. The number of carbonyl (C=O) groups is 1. The van der Waals surface area contributed by atoms with Gasteiger partial charge in [0.15, 0.2) is 11.5 Å². The second kappa shape index (κ2) is 4.19. The zero-order chi connectivity index (χ0) is 10.6. The number of hydrogen-bond donors (Lipinski definition) is 2. The second-order valence-corrected chi connectivity index (χ2v) is 2.44. The van der Waals surface area contributed by atoms with Crippen LogP contribution in [-0.4, -0.2) is 23.3 Å². The Morgan fingerprint density at radius 1 is 1.50 bits per heavy atom. The SMILES string of the molecule is COc1ccc(C#CC(=O)O)cc1O. The van der Waals surface area contributed by atoms with Crippen molar-refractivity contribution < 1.29 is 19.7 Å². The van der Waals surface area contributed by atoms with E-state index in [-0.39, 0.29) is 5.75 Å². The summed E-state index contributed by atoms with van der Waals surface area (Å²) in [5, 5.41) is 17.6. The molecule has 0 aliphatic rings. The third kappa shape index (κ3) is 2.42. The van der Waals surface area contributed by atoms with Crippen LogP contribution in [0.25, 0.3) is 0 Å². The quantitative estimate of drug-likeness (QED) is 0.647. The molecule has 0 heterocycles. The molecule has 72 valence electrons. The lowest BCUT2D eigenvalue weighted by atomic mass is 10.2. The fraction of sp³-hybridized carbons (Fsp3) is 0.100. The molecule has 0 saturated carbocycles. The van der Waals surface area contributed by atoms with Gasteiger partial charge in [0.1, 0.15) is 0 Å². The molecule has 0 amide bonds. The van der Waals surface area contributed by atoms with Gasteiger partial charge in [0.25, 0.3) is 0 Å². The van der Waals surface area contributed by atoms with E-state index in [1.54, 1.807) is 6.07 Å². The molecule has 0 bridgehead atoms. The lowest BCUT2D eigenvalue weighted by Gasteiger charge is -2.01. The number of carboxylic acids is 1. The summed E-state index contributed by atoms with van der Waals surface area (Å²) in [4.78, 5) is 10.1. The third-order valence-corrected chi connectivity index (χ3v) is 1.49. The number of phenolic OH excluding ortho intramolecular Hbond substituents is 1. The van der Waals surface area contributed by atoms with Gasteiger partial charge in [0.2, 0.25) is 0 Å². The van der Waals surface area contributed by atoms with Crippen molar-refractivity contribution in [2.24, 2.45) is 0 Å². The smallest absolute Gasteiger partial charge is 0.382 e. The van der Waals surface area contributed by atoms with Crippen molar-refractivity contribution in [3.8, 4) is 23.3 Å². The molecule has 0 aliphatic heterocycles. The topological polar surface area (TPSA) is 66.8 Å². The van der Waals surface area contributed by atoms with Gasteiger partial charge in [-0.15, -0.1) is 0 Å². The summed E-state index contributed by atoms with van der Waals surface area (Å²) in [7, 11) is 1.43. The van der Waals surface area contributed by atoms with Crippen LogP contribution in [0.3, 0.4) is 0 Å². The van der Waals surface area contributed by atoms with E-state index in [0.717, 1.165) is 0 Å². The van der Waals surface area contributed by atoms with Gasteiger partial charge < -0.3 is 14.9 Å². The van der Waals surface area contributed by atoms with E-state index in [1.807, 2.05) is 5.92 Å². The average molecular weight is 192 g/mol. The van der Waals surface area contributed by atoms with Crippen LogP contribution in [0.1, 0.15) is 5.56 Å². The van der Waals surface area contributed by atoms with Crippen LogP contribution in [-0.2, 0) is 4.79 Å². The highest BCUT2D eigenvalue weighted by atomic mass is 16.5. The summed E-state index contributed by atoms with van der Waals surface area (Å²) in [6, 6.07) is 4.42. The Morgan fingerprint density at radius 2 is 2.21 bits per heavy atom. The Kier molecular flexibility index (Phi) is 2.97. The minimum Gasteiger partial charge on any atom is -0.504 e. The Bertz CT molecular complexity index is 412. The third-order valence-electron chi connectivity index (χ3n) is 1.49. The van der Waals surface area contributed by atoms with Gasteiger partial charge in [-0.3, -0.25) is 0 Å². The molecule has 0 fully saturated rings. The molecule has 4 nitrogen and oxygen atoms in total. The van der Waals surface area contributed by atoms with Crippen LogP contribution in [0, 0.1) is 11.8 Å². The van der Waals surface area contributed by atoms with Gasteiger partial charge in [0.05, 0.1) is 7.11 Å². The molecule has 0 saturated heterocycles. The maximum absolute atomic E-state index is 10.1. The van der Waals surface area contributed by atoms with E-state index in [2.05, 4.69) is 5.92 Å². The van der Waals surface area contributed by atoms with E-state index < -0.39 is 5.97 Å². The molecule has 0 aromatic heterocycles. The highest BCUT2D eigenvalue weighted by Crippen LogP contribution is 2.25. The Hall–Kier alpha value is -2.15.